The predicted molar refractivity (Wildman–Crippen MR) is 108 cm³/mol. The van der Waals surface area contributed by atoms with Gasteiger partial charge in [-0.25, -0.2) is 19.1 Å². The van der Waals surface area contributed by atoms with E-state index in [9.17, 15) is 14.4 Å². The highest BCUT2D eigenvalue weighted by Gasteiger charge is 2.18. The molecular weight excluding hydrogens is 388 g/mol. The van der Waals surface area contributed by atoms with Gasteiger partial charge < -0.3 is 9.47 Å². The zero-order chi connectivity index (χ0) is 21.3. The van der Waals surface area contributed by atoms with Crippen LogP contribution in [0, 0.1) is 0 Å². The van der Waals surface area contributed by atoms with Crippen LogP contribution >= 0.6 is 0 Å². The molecule has 1 aromatic carbocycles. The average molecular weight is 406 g/mol. The minimum atomic E-state index is -0.519. The molecule has 0 radical (unpaired) electrons. The van der Waals surface area contributed by atoms with Gasteiger partial charge in [0.05, 0.1) is 35.9 Å². The monoisotopic (exact) mass is 406 g/mol. The Morgan fingerprint density at radius 3 is 2.37 bits per heavy atom. The molecule has 4 aromatic rings. The Morgan fingerprint density at radius 2 is 1.67 bits per heavy atom. The number of pyridine rings is 1. The first-order valence-electron chi connectivity index (χ1n) is 9.38. The smallest absolute Gasteiger partial charge is 0.343 e. The highest BCUT2D eigenvalue weighted by atomic mass is 16.5. The van der Waals surface area contributed by atoms with E-state index in [1.807, 2.05) is 0 Å². The van der Waals surface area contributed by atoms with Crippen molar-refractivity contribution in [1.29, 1.82) is 0 Å². The number of carbonyl (C=O) groups is 2. The Bertz CT molecular complexity index is 1320. The molecule has 0 aliphatic carbocycles. The lowest BCUT2D eigenvalue weighted by Crippen LogP contribution is -2.19. The van der Waals surface area contributed by atoms with E-state index in [4.69, 9.17) is 9.47 Å². The topological polar surface area (TPSA) is 105 Å². The number of hydrogen-bond donors (Lipinski definition) is 0. The van der Waals surface area contributed by atoms with Crippen molar-refractivity contribution in [3.63, 3.8) is 0 Å². The maximum Gasteiger partial charge on any atom is 0.343 e. The standard InChI is InChI=1S/C21H18N4O5/c1-3-29-20(27)13-5-7-14(8-6-13)24-10-9-17-15(19(24)26)11-22-18-16(12-23-25(17)18)21(28)30-4-2/h5-12H,3-4H2,1-2H3. The fourth-order valence-electron chi connectivity index (χ4n) is 3.14. The molecule has 0 aliphatic rings. The van der Waals surface area contributed by atoms with Gasteiger partial charge in [0.25, 0.3) is 5.56 Å². The highest BCUT2D eigenvalue weighted by Crippen LogP contribution is 2.17. The molecule has 0 atom stereocenters. The van der Waals surface area contributed by atoms with Crippen molar-refractivity contribution in [2.24, 2.45) is 0 Å². The number of carbonyl (C=O) groups excluding carboxylic acids is 2. The van der Waals surface area contributed by atoms with Crippen LogP contribution < -0.4 is 5.56 Å². The van der Waals surface area contributed by atoms with E-state index in [1.54, 1.807) is 50.4 Å². The second-order valence-electron chi connectivity index (χ2n) is 6.33. The van der Waals surface area contributed by atoms with Crippen molar-refractivity contribution in [3.8, 4) is 5.69 Å². The van der Waals surface area contributed by atoms with E-state index < -0.39 is 11.9 Å². The summed E-state index contributed by atoms with van der Waals surface area (Å²) in [7, 11) is 0. The van der Waals surface area contributed by atoms with Crippen LogP contribution in [-0.4, -0.2) is 44.3 Å². The number of aromatic nitrogens is 4. The van der Waals surface area contributed by atoms with Crippen LogP contribution in [0.25, 0.3) is 22.2 Å². The maximum atomic E-state index is 13.0. The van der Waals surface area contributed by atoms with Crippen molar-refractivity contribution >= 4 is 28.5 Å². The molecule has 0 fully saturated rings. The van der Waals surface area contributed by atoms with Gasteiger partial charge in [-0.3, -0.25) is 9.36 Å². The van der Waals surface area contributed by atoms with Crippen LogP contribution in [-0.2, 0) is 9.47 Å². The van der Waals surface area contributed by atoms with E-state index in [-0.39, 0.29) is 24.3 Å². The van der Waals surface area contributed by atoms with Crippen LogP contribution in [0.15, 0.2) is 53.7 Å². The number of rotatable bonds is 5. The van der Waals surface area contributed by atoms with Crippen LogP contribution in [0.5, 0.6) is 0 Å². The second-order valence-corrected chi connectivity index (χ2v) is 6.33. The first-order valence-corrected chi connectivity index (χ1v) is 9.38. The fourth-order valence-corrected chi connectivity index (χ4v) is 3.14. The van der Waals surface area contributed by atoms with Crippen LogP contribution in [0.1, 0.15) is 34.6 Å². The third-order valence-corrected chi connectivity index (χ3v) is 4.55. The minimum Gasteiger partial charge on any atom is -0.462 e. The van der Waals surface area contributed by atoms with Gasteiger partial charge >= 0.3 is 11.9 Å². The Hall–Kier alpha value is -4.01. The maximum absolute atomic E-state index is 13.0. The predicted octanol–water partition coefficient (Wildman–Crippen LogP) is 2.39. The Kier molecular flexibility index (Phi) is 5.01. The summed E-state index contributed by atoms with van der Waals surface area (Å²) in [5.41, 5.74) is 1.75. The molecule has 3 aromatic heterocycles. The fraction of sp³-hybridized carbons (Fsp3) is 0.190. The Labute approximate surface area is 170 Å². The van der Waals surface area contributed by atoms with E-state index >= 15 is 0 Å². The van der Waals surface area contributed by atoms with Gasteiger partial charge in [0, 0.05) is 18.1 Å². The molecule has 30 heavy (non-hydrogen) atoms. The summed E-state index contributed by atoms with van der Waals surface area (Å²) in [6, 6.07) is 8.25. The lowest BCUT2D eigenvalue weighted by atomic mass is 10.2. The zero-order valence-corrected chi connectivity index (χ0v) is 16.4. The van der Waals surface area contributed by atoms with Crippen LogP contribution in [0.4, 0.5) is 0 Å². The Balaban J connectivity index is 1.78. The Morgan fingerprint density at radius 1 is 0.967 bits per heavy atom. The van der Waals surface area contributed by atoms with Gasteiger partial charge in [-0.05, 0) is 44.2 Å². The molecule has 4 rings (SSSR count). The number of fused-ring (bicyclic) bond motifs is 3. The summed E-state index contributed by atoms with van der Waals surface area (Å²) in [6.07, 6.45) is 4.40. The van der Waals surface area contributed by atoms with Crippen molar-refractivity contribution in [2.45, 2.75) is 13.8 Å². The largest absolute Gasteiger partial charge is 0.462 e. The molecule has 3 heterocycles. The molecule has 0 spiro atoms. The van der Waals surface area contributed by atoms with Gasteiger partial charge in [0.15, 0.2) is 5.65 Å². The highest BCUT2D eigenvalue weighted by molar-refractivity contribution is 5.97. The molecule has 0 N–H and O–H groups in total. The summed E-state index contributed by atoms with van der Waals surface area (Å²) >= 11 is 0. The van der Waals surface area contributed by atoms with Crippen molar-refractivity contribution in [2.75, 3.05) is 13.2 Å². The normalized spacial score (nSPS) is 11.0. The molecule has 0 unspecified atom stereocenters. The van der Waals surface area contributed by atoms with Gasteiger partial charge in [0.1, 0.15) is 5.56 Å². The zero-order valence-electron chi connectivity index (χ0n) is 16.4. The minimum absolute atomic E-state index is 0.234. The molecule has 0 saturated carbocycles. The van der Waals surface area contributed by atoms with E-state index in [2.05, 4.69) is 10.1 Å². The second kappa shape index (κ2) is 7.78. The van der Waals surface area contributed by atoms with Crippen LogP contribution in [0.2, 0.25) is 0 Å². The third kappa shape index (κ3) is 3.20. The van der Waals surface area contributed by atoms with E-state index in [0.29, 0.717) is 27.8 Å². The van der Waals surface area contributed by atoms with Crippen molar-refractivity contribution < 1.29 is 19.1 Å². The summed E-state index contributed by atoms with van der Waals surface area (Å²) in [4.78, 5) is 41.2. The first kappa shape index (κ1) is 19.3. The molecule has 0 bridgehead atoms. The van der Waals surface area contributed by atoms with Gasteiger partial charge in [-0.2, -0.15) is 5.10 Å². The number of esters is 2. The summed E-state index contributed by atoms with van der Waals surface area (Å²) < 4.78 is 12.9. The molecular formula is C21H18N4O5. The molecule has 9 heteroatoms. The van der Waals surface area contributed by atoms with E-state index in [0.717, 1.165) is 0 Å². The molecule has 152 valence electrons. The SMILES string of the molecule is CCOC(=O)c1ccc(-n2ccc3c(cnc4c(C(=O)OCC)cnn43)c2=O)cc1. The van der Waals surface area contributed by atoms with Crippen molar-refractivity contribution in [3.05, 3.63) is 70.4 Å². The quantitative estimate of drug-likeness (QED) is 0.469. The van der Waals surface area contributed by atoms with E-state index in [1.165, 1.54) is 21.5 Å². The van der Waals surface area contributed by atoms with Crippen molar-refractivity contribution in [1.82, 2.24) is 19.2 Å². The number of ether oxygens (including phenoxy) is 2. The van der Waals surface area contributed by atoms with Gasteiger partial charge in [-0.1, -0.05) is 0 Å². The van der Waals surface area contributed by atoms with Gasteiger partial charge in [0.2, 0.25) is 0 Å². The number of nitrogens with zero attached hydrogens (tertiary/aromatic N) is 4. The first-order chi connectivity index (χ1) is 14.5. The molecule has 0 aliphatic heterocycles. The van der Waals surface area contributed by atoms with Gasteiger partial charge in [-0.15, -0.1) is 0 Å². The summed E-state index contributed by atoms with van der Waals surface area (Å²) in [6.45, 7) is 3.98. The molecule has 0 saturated heterocycles. The molecule has 9 nitrogen and oxygen atoms in total. The summed E-state index contributed by atoms with van der Waals surface area (Å²) in [5, 5.41) is 4.53. The lowest BCUT2D eigenvalue weighted by Gasteiger charge is -2.09. The summed E-state index contributed by atoms with van der Waals surface area (Å²) in [5.74, 6) is -0.938. The third-order valence-electron chi connectivity index (χ3n) is 4.55. The lowest BCUT2D eigenvalue weighted by molar-refractivity contribution is 0.0517. The molecule has 0 amide bonds. The number of benzene rings is 1. The van der Waals surface area contributed by atoms with Crippen LogP contribution in [0.3, 0.4) is 0 Å². The average Bonchev–Trinajstić information content (AvgIpc) is 3.19. The number of hydrogen-bond acceptors (Lipinski definition) is 7.